The maximum atomic E-state index is 12.6. The first-order valence-corrected chi connectivity index (χ1v) is 11.0. The van der Waals surface area contributed by atoms with E-state index in [1.165, 1.54) is 4.31 Å². The maximum Gasteiger partial charge on any atom is 0.262 e. The number of hydrogen-bond acceptors (Lipinski definition) is 4. The molecule has 2 aromatic rings. The first kappa shape index (κ1) is 17.8. The van der Waals surface area contributed by atoms with Gasteiger partial charge in [-0.15, -0.1) is 0 Å². The van der Waals surface area contributed by atoms with Gasteiger partial charge in [-0.2, -0.15) is 0 Å². The highest BCUT2D eigenvalue weighted by atomic mass is 32.2. The number of rotatable bonds is 4. The minimum atomic E-state index is -3.70. The van der Waals surface area contributed by atoms with Gasteiger partial charge in [0.05, 0.1) is 16.3 Å². The minimum Gasteiger partial charge on any atom is -0.280 e. The van der Waals surface area contributed by atoms with Gasteiger partial charge in [0.1, 0.15) is 0 Å². The summed E-state index contributed by atoms with van der Waals surface area (Å²) < 4.78 is 52.9. The van der Waals surface area contributed by atoms with Gasteiger partial charge >= 0.3 is 0 Å². The normalized spacial score (nSPS) is 16.8. The molecule has 1 aliphatic rings. The fourth-order valence-electron chi connectivity index (χ4n) is 2.94. The Kier molecular flexibility index (Phi) is 4.51. The summed E-state index contributed by atoms with van der Waals surface area (Å²) in [5, 5.41) is 0. The van der Waals surface area contributed by atoms with E-state index < -0.39 is 20.0 Å². The quantitative estimate of drug-likeness (QED) is 0.884. The second kappa shape index (κ2) is 6.34. The Morgan fingerprint density at radius 3 is 2.28 bits per heavy atom. The number of nitrogens with zero attached hydrogens (tertiary/aromatic N) is 1. The fraction of sp³-hybridized carbons (Fsp3) is 0.294. The Morgan fingerprint density at radius 2 is 1.72 bits per heavy atom. The zero-order valence-corrected chi connectivity index (χ0v) is 15.7. The molecule has 1 saturated heterocycles. The van der Waals surface area contributed by atoms with Crippen LogP contribution in [0.3, 0.4) is 0 Å². The van der Waals surface area contributed by atoms with Crippen LogP contribution in [0.2, 0.25) is 0 Å². The van der Waals surface area contributed by atoms with E-state index in [2.05, 4.69) is 4.72 Å². The molecule has 8 heteroatoms. The van der Waals surface area contributed by atoms with Crippen molar-refractivity contribution in [1.82, 2.24) is 0 Å². The van der Waals surface area contributed by atoms with Gasteiger partial charge in [0.2, 0.25) is 10.0 Å². The van der Waals surface area contributed by atoms with Crippen LogP contribution in [0.1, 0.15) is 17.5 Å². The Morgan fingerprint density at radius 1 is 1.04 bits per heavy atom. The van der Waals surface area contributed by atoms with Crippen molar-refractivity contribution in [2.24, 2.45) is 0 Å². The topological polar surface area (TPSA) is 83.6 Å². The Balaban J connectivity index is 1.84. The fourth-order valence-corrected chi connectivity index (χ4v) is 5.79. The average Bonchev–Trinajstić information content (AvgIpc) is 2.86. The molecule has 1 fully saturated rings. The van der Waals surface area contributed by atoms with Crippen molar-refractivity contribution in [2.45, 2.75) is 25.2 Å². The molecule has 0 atom stereocenters. The highest BCUT2D eigenvalue weighted by molar-refractivity contribution is 7.93. The van der Waals surface area contributed by atoms with E-state index >= 15 is 0 Å². The van der Waals surface area contributed by atoms with E-state index in [4.69, 9.17) is 0 Å². The monoisotopic (exact) mass is 380 g/mol. The van der Waals surface area contributed by atoms with Crippen molar-refractivity contribution in [1.29, 1.82) is 0 Å². The van der Waals surface area contributed by atoms with Crippen molar-refractivity contribution < 1.29 is 16.8 Å². The lowest BCUT2D eigenvalue weighted by Crippen LogP contribution is -2.25. The number of anilines is 2. The molecule has 0 saturated carbocycles. The van der Waals surface area contributed by atoms with Crippen LogP contribution in [0.5, 0.6) is 0 Å². The van der Waals surface area contributed by atoms with Crippen LogP contribution in [0.15, 0.2) is 47.4 Å². The molecule has 0 unspecified atom stereocenters. The van der Waals surface area contributed by atoms with Crippen molar-refractivity contribution in [3.8, 4) is 0 Å². The number of nitrogens with one attached hydrogen (secondary N) is 1. The van der Waals surface area contributed by atoms with E-state index in [1.807, 2.05) is 13.0 Å². The van der Waals surface area contributed by atoms with E-state index in [0.717, 1.165) is 5.56 Å². The highest BCUT2D eigenvalue weighted by Gasteiger charge is 2.28. The van der Waals surface area contributed by atoms with Crippen LogP contribution in [0, 0.1) is 13.8 Å². The lowest BCUT2D eigenvalue weighted by molar-refractivity contribution is 0.598. The molecule has 2 aromatic carbocycles. The van der Waals surface area contributed by atoms with Crippen molar-refractivity contribution in [3.05, 3.63) is 53.6 Å². The molecular weight excluding hydrogens is 360 g/mol. The van der Waals surface area contributed by atoms with Crippen molar-refractivity contribution in [2.75, 3.05) is 21.3 Å². The summed E-state index contributed by atoms with van der Waals surface area (Å²) in [7, 11) is -6.94. The average molecular weight is 380 g/mol. The van der Waals surface area contributed by atoms with Crippen LogP contribution in [0.25, 0.3) is 0 Å². The zero-order valence-electron chi connectivity index (χ0n) is 14.1. The molecule has 25 heavy (non-hydrogen) atoms. The van der Waals surface area contributed by atoms with Gasteiger partial charge < -0.3 is 0 Å². The third-order valence-corrected chi connectivity index (χ3v) is 7.54. The van der Waals surface area contributed by atoms with Crippen LogP contribution in [-0.4, -0.2) is 29.1 Å². The van der Waals surface area contributed by atoms with Gasteiger partial charge in [-0.3, -0.25) is 9.03 Å². The first-order valence-electron chi connectivity index (χ1n) is 7.90. The Labute approximate surface area is 148 Å². The number of aryl methyl sites for hydroxylation is 2. The molecule has 0 aliphatic carbocycles. The molecule has 0 radical (unpaired) electrons. The molecule has 0 spiro atoms. The summed E-state index contributed by atoms with van der Waals surface area (Å²) >= 11 is 0. The Hall–Kier alpha value is -2.06. The molecule has 6 nitrogen and oxygen atoms in total. The van der Waals surface area contributed by atoms with E-state index in [1.54, 1.807) is 43.3 Å². The van der Waals surface area contributed by atoms with E-state index in [0.29, 0.717) is 29.9 Å². The maximum absolute atomic E-state index is 12.6. The van der Waals surface area contributed by atoms with Crippen LogP contribution in [0.4, 0.5) is 11.4 Å². The summed E-state index contributed by atoms with van der Waals surface area (Å²) in [6.07, 6.45) is 0.601. The largest absolute Gasteiger partial charge is 0.280 e. The summed E-state index contributed by atoms with van der Waals surface area (Å²) in [5.74, 6) is 0.147. The molecule has 134 valence electrons. The van der Waals surface area contributed by atoms with Crippen LogP contribution < -0.4 is 9.03 Å². The molecule has 0 amide bonds. The number of benzene rings is 2. The summed E-state index contributed by atoms with van der Waals surface area (Å²) in [6, 6.07) is 11.5. The lowest BCUT2D eigenvalue weighted by atomic mass is 10.2. The molecule has 0 bridgehead atoms. The molecule has 3 rings (SSSR count). The van der Waals surface area contributed by atoms with Gasteiger partial charge in [0.15, 0.2) is 0 Å². The van der Waals surface area contributed by atoms with E-state index in [-0.39, 0.29) is 10.6 Å². The van der Waals surface area contributed by atoms with Crippen molar-refractivity contribution in [3.63, 3.8) is 0 Å². The minimum absolute atomic E-state index is 0.147. The van der Waals surface area contributed by atoms with Crippen LogP contribution in [-0.2, 0) is 20.0 Å². The van der Waals surface area contributed by atoms with Crippen LogP contribution >= 0.6 is 0 Å². The molecule has 1 heterocycles. The first-order chi connectivity index (χ1) is 11.7. The van der Waals surface area contributed by atoms with Gasteiger partial charge in [-0.05, 0) is 56.2 Å². The van der Waals surface area contributed by atoms with Gasteiger partial charge in [-0.25, -0.2) is 16.8 Å². The SMILES string of the molecule is Cc1ccc(S(=O)(=O)Nc2ccc(N3CCCS3(=O)=O)cc2)c(C)c1. The second-order valence-corrected chi connectivity index (χ2v) is 9.83. The number of hydrogen-bond donors (Lipinski definition) is 1. The summed E-state index contributed by atoms with van der Waals surface area (Å²) in [5.41, 5.74) is 2.60. The predicted octanol–water partition coefficient (Wildman–Crippen LogP) is 2.64. The standard InChI is InChI=1S/C17H20N2O4S2/c1-13-4-9-17(14(2)12-13)25(22,23)18-15-5-7-16(8-6-15)19-10-3-11-24(19,20)21/h4-9,12,18H,3,10-11H2,1-2H3. The third kappa shape index (κ3) is 3.64. The second-order valence-electron chi connectivity index (χ2n) is 6.16. The van der Waals surface area contributed by atoms with E-state index in [9.17, 15) is 16.8 Å². The lowest BCUT2D eigenvalue weighted by Gasteiger charge is -2.17. The molecule has 1 N–H and O–H groups in total. The van der Waals surface area contributed by atoms with Gasteiger partial charge in [0, 0.05) is 12.2 Å². The zero-order chi connectivity index (χ0) is 18.2. The third-order valence-electron chi connectivity index (χ3n) is 4.13. The predicted molar refractivity (Wildman–Crippen MR) is 98.9 cm³/mol. The summed E-state index contributed by atoms with van der Waals surface area (Å²) in [4.78, 5) is 0.226. The Bertz CT molecular complexity index is 997. The molecular formula is C17H20N2O4S2. The molecule has 1 aliphatic heterocycles. The molecule has 0 aromatic heterocycles. The van der Waals surface area contributed by atoms with Crippen molar-refractivity contribution >= 4 is 31.4 Å². The van der Waals surface area contributed by atoms with Gasteiger partial charge in [-0.1, -0.05) is 17.7 Å². The number of sulfonamides is 2. The summed E-state index contributed by atoms with van der Waals surface area (Å²) in [6.45, 7) is 4.11. The smallest absolute Gasteiger partial charge is 0.262 e. The highest BCUT2D eigenvalue weighted by Crippen LogP contribution is 2.26. The van der Waals surface area contributed by atoms with Gasteiger partial charge in [0.25, 0.3) is 10.0 Å².